The second-order valence-corrected chi connectivity index (χ2v) is 7.05. The van der Waals surface area contributed by atoms with E-state index >= 15 is 0 Å². The second kappa shape index (κ2) is 7.33. The molecule has 0 saturated heterocycles. The van der Waals surface area contributed by atoms with Crippen molar-refractivity contribution in [1.82, 2.24) is 14.2 Å². The normalized spacial score (nSPS) is 11.6. The Bertz CT molecular complexity index is 1510. The van der Waals surface area contributed by atoms with E-state index in [1.165, 1.54) is 5.56 Å². The van der Waals surface area contributed by atoms with E-state index in [1.807, 2.05) is 48.7 Å². The first-order chi connectivity index (χ1) is 14.7. The Morgan fingerprint density at radius 2 is 1.53 bits per heavy atom. The van der Waals surface area contributed by atoms with E-state index in [0.717, 1.165) is 21.1 Å². The molecule has 0 unspecified atom stereocenters. The van der Waals surface area contributed by atoms with Crippen molar-refractivity contribution >= 4 is 28.0 Å². The summed E-state index contributed by atoms with van der Waals surface area (Å²) in [5.74, 6) is 0. The second-order valence-electron chi connectivity index (χ2n) is 7.05. The van der Waals surface area contributed by atoms with E-state index < -0.39 is 11.2 Å². The molecule has 0 aliphatic rings. The summed E-state index contributed by atoms with van der Waals surface area (Å²) in [5.41, 5.74) is 2.56. The maximum absolute atomic E-state index is 12.7. The maximum atomic E-state index is 12.7. The number of benzene rings is 3. The van der Waals surface area contributed by atoms with Crippen LogP contribution in [0.5, 0.6) is 0 Å². The molecule has 0 fully saturated rings. The highest BCUT2D eigenvalue weighted by Crippen LogP contribution is 2.21. The first-order valence-electron chi connectivity index (χ1n) is 9.61. The molecule has 2 aromatic heterocycles. The molecule has 0 radical (unpaired) electrons. The zero-order valence-corrected chi connectivity index (χ0v) is 16.0. The van der Waals surface area contributed by atoms with Crippen molar-refractivity contribution in [2.45, 2.75) is 6.54 Å². The van der Waals surface area contributed by atoms with Gasteiger partial charge in [-0.15, -0.1) is 4.68 Å². The van der Waals surface area contributed by atoms with Gasteiger partial charge in [0.05, 0.1) is 17.1 Å². The van der Waals surface area contributed by atoms with Crippen LogP contribution in [-0.2, 0) is 6.54 Å². The highest BCUT2D eigenvalue weighted by Gasteiger charge is 2.09. The maximum Gasteiger partial charge on any atom is 0.349 e. The molecule has 146 valence electrons. The highest BCUT2D eigenvalue weighted by molar-refractivity contribution is 5.99. The van der Waals surface area contributed by atoms with Gasteiger partial charge in [0.25, 0.3) is 5.56 Å². The Morgan fingerprint density at radius 3 is 2.37 bits per heavy atom. The van der Waals surface area contributed by atoms with Crippen LogP contribution in [0.1, 0.15) is 11.1 Å². The zero-order chi connectivity index (χ0) is 20.5. The van der Waals surface area contributed by atoms with Gasteiger partial charge >= 0.3 is 5.69 Å². The van der Waals surface area contributed by atoms with Crippen LogP contribution >= 0.6 is 0 Å². The summed E-state index contributed by atoms with van der Waals surface area (Å²) in [6.45, 7) is 0.714. The van der Waals surface area contributed by atoms with Crippen molar-refractivity contribution < 1.29 is 0 Å². The van der Waals surface area contributed by atoms with Crippen molar-refractivity contribution in [2.75, 3.05) is 0 Å². The summed E-state index contributed by atoms with van der Waals surface area (Å²) in [6, 6.07) is 25.1. The van der Waals surface area contributed by atoms with Gasteiger partial charge in [-0.05, 0) is 23.8 Å². The summed E-state index contributed by atoms with van der Waals surface area (Å²) in [5, 5.41) is 5.64. The lowest BCUT2D eigenvalue weighted by atomic mass is 10.2. The summed E-state index contributed by atoms with van der Waals surface area (Å²) in [7, 11) is 0. The average molecular weight is 394 g/mol. The quantitative estimate of drug-likeness (QED) is 0.473. The lowest BCUT2D eigenvalue weighted by Crippen LogP contribution is -2.32. The number of nitrogens with one attached hydrogen (secondary N) is 1. The number of H-pyrrole nitrogens is 1. The monoisotopic (exact) mass is 394 g/mol. The summed E-state index contributed by atoms with van der Waals surface area (Å²) in [4.78, 5) is 27.8. The molecule has 3 aromatic carbocycles. The SMILES string of the molecule is O=c1[nH]c2ccccc2c(=O)n1N=Cc1cn(Cc2ccccc2)c2ccccc12. The smallest absolute Gasteiger partial charge is 0.342 e. The molecule has 5 rings (SSSR count). The standard InChI is InChI=1S/C24H18N4O2/c29-23-20-11-4-6-12-21(20)26-24(30)28(23)25-14-18-16-27(15-17-8-2-1-3-9-17)22-13-7-5-10-19(18)22/h1-14,16H,15H2,(H,26,30). The molecule has 30 heavy (non-hydrogen) atoms. The molecule has 0 aliphatic heterocycles. The van der Waals surface area contributed by atoms with Gasteiger partial charge in [0.2, 0.25) is 0 Å². The fourth-order valence-corrected chi connectivity index (χ4v) is 3.67. The predicted molar refractivity (Wildman–Crippen MR) is 119 cm³/mol. The van der Waals surface area contributed by atoms with E-state index in [9.17, 15) is 9.59 Å². The van der Waals surface area contributed by atoms with E-state index in [2.05, 4.69) is 26.8 Å². The van der Waals surface area contributed by atoms with Crippen LogP contribution in [0.2, 0.25) is 0 Å². The molecule has 0 spiro atoms. The number of aromatic nitrogens is 3. The van der Waals surface area contributed by atoms with E-state index in [-0.39, 0.29) is 0 Å². The Balaban J connectivity index is 1.60. The van der Waals surface area contributed by atoms with Crippen LogP contribution in [0.3, 0.4) is 0 Å². The first-order valence-corrected chi connectivity index (χ1v) is 9.61. The Kier molecular flexibility index (Phi) is 4.37. The van der Waals surface area contributed by atoms with Crippen LogP contribution < -0.4 is 11.2 Å². The number of fused-ring (bicyclic) bond motifs is 2. The molecule has 1 N–H and O–H groups in total. The average Bonchev–Trinajstić information content (AvgIpc) is 3.12. The van der Waals surface area contributed by atoms with Crippen LogP contribution in [0.25, 0.3) is 21.8 Å². The van der Waals surface area contributed by atoms with Crippen molar-refractivity contribution in [3.05, 3.63) is 117 Å². The Morgan fingerprint density at radius 1 is 0.833 bits per heavy atom. The molecule has 0 bridgehead atoms. The minimum atomic E-state index is -0.567. The third-order valence-corrected chi connectivity index (χ3v) is 5.11. The molecule has 6 nitrogen and oxygen atoms in total. The molecule has 0 saturated carbocycles. The lowest BCUT2D eigenvalue weighted by molar-refractivity contribution is 0.771. The van der Waals surface area contributed by atoms with E-state index in [0.29, 0.717) is 17.4 Å². The third kappa shape index (κ3) is 3.14. The number of nitrogens with zero attached hydrogens (tertiary/aromatic N) is 3. The fraction of sp³-hybridized carbons (Fsp3) is 0.0417. The van der Waals surface area contributed by atoms with Crippen molar-refractivity contribution in [3.63, 3.8) is 0 Å². The molecule has 5 aromatic rings. The predicted octanol–water partition coefficient (Wildman–Crippen LogP) is 3.58. The van der Waals surface area contributed by atoms with Crippen LogP contribution in [0.15, 0.2) is 99.8 Å². The minimum Gasteiger partial charge on any atom is -0.342 e. The van der Waals surface area contributed by atoms with Gasteiger partial charge in [-0.25, -0.2) is 4.79 Å². The molecular weight excluding hydrogens is 376 g/mol. The van der Waals surface area contributed by atoms with Crippen LogP contribution in [-0.4, -0.2) is 20.4 Å². The number of hydrogen-bond donors (Lipinski definition) is 1. The lowest BCUT2D eigenvalue weighted by Gasteiger charge is -2.05. The summed E-state index contributed by atoms with van der Waals surface area (Å²) < 4.78 is 3.01. The van der Waals surface area contributed by atoms with E-state index in [1.54, 1.807) is 30.5 Å². The number of aromatic amines is 1. The molecule has 6 heteroatoms. The molecule has 0 atom stereocenters. The van der Waals surface area contributed by atoms with Crippen LogP contribution in [0, 0.1) is 0 Å². The van der Waals surface area contributed by atoms with Gasteiger partial charge in [-0.1, -0.05) is 60.7 Å². The van der Waals surface area contributed by atoms with Crippen molar-refractivity contribution in [3.8, 4) is 0 Å². The molecule has 0 amide bonds. The Hall–Kier alpha value is -4.19. The molecule has 0 aliphatic carbocycles. The van der Waals surface area contributed by atoms with Gasteiger partial charge < -0.3 is 9.55 Å². The number of para-hydroxylation sites is 2. The highest BCUT2D eigenvalue weighted by atomic mass is 16.2. The summed E-state index contributed by atoms with van der Waals surface area (Å²) >= 11 is 0. The summed E-state index contributed by atoms with van der Waals surface area (Å²) in [6.07, 6.45) is 3.55. The van der Waals surface area contributed by atoms with Crippen LogP contribution in [0.4, 0.5) is 0 Å². The van der Waals surface area contributed by atoms with Gasteiger partial charge in [-0.3, -0.25) is 4.79 Å². The van der Waals surface area contributed by atoms with Gasteiger partial charge in [-0.2, -0.15) is 5.10 Å². The van der Waals surface area contributed by atoms with Gasteiger partial charge in [0, 0.05) is 29.2 Å². The fourth-order valence-electron chi connectivity index (χ4n) is 3.67. The largest absolute Gasteiger partial charge is 0.349 e. The Labute approximate surface area is 171 Å². The number of rotatable bonds is 4. The first kappa shape index (κ1) is 17.9. The zero-order valence-electron chi connectivity index (χ0n) is 16.0. The molecular formula is C24H18N4O2. The topological polar surface area (TPSA) is 72.2 Å². The third-order valence-electron chi connectivity index (χ3n) is 5.11. The molecule has 2 heterocycles. The van der Waals surface area contributed by atoms with Crippen molar-refractivity contribution in [1.29, 1.82) is 0 Å². The number of hydrogen-bond acceptors (Lipinski definition) is 3. The van der Waals surface area contributed by atoms with Crippen molar-refractivity contribution in [2.24, 2.45) is 5.10 Å². The van der Waals surface area contributed by atoms with Gasteiger partial charge in [0.1, 0.15) is 0 Å². The minimum absolute atomic E-state index is 0.417. The van der Waals surface area contributed by atoms with E-state index in [4.69, 9.17) is 0 Å². The van der Waals surface area contributed by atoms with Gasteiger partial charge in [0.15, 0.2) is 0 Å².